The number of hydrogen-bond donors (Lipinski definition) is 0. The Labute approximate surface area is 48.4 Å². The van der Waals surface area contributed by atoms with Crippen molar-refractivity contribution >= 4 is 31.0 Å². The van der Waals surface area contributed by atoms with Crippen molar-refractivity contribution in [2.45, 2.75) is 0 Å². The van der Waals surface area contributed by atoms with Crippen LogP contribution in [0.25, 0.3) is 0 Å². The summed E-state index contributed by atoms with van der Waals surface area (Å²) in [6.45, 7) is 0.708. The summed E-state index contributed by atoms with van der Waals surface area (Å²) in [5.74, 6) is 0. The summed E-state index contributed by atoms with van der Waals surface area (Å²) in [5, 5.41) is 3.29. The first-order valence-electron chi connectivity index (χ1n) is 1.14. The fourth-order valence-corrected chi connectivity index (χ4v) is 0.0745. The number of rotatable bonds is 0. The summed E-state index contributed by atoms with van der Waals surface area (Å²) < 4.78 is 0. The normalized spacial score (nSPS) is 12.0. The summed E-state index contributed by atoms with van der Waals surface area (Å²) in [4.78, 5) is 4.29. The van der Waals surface area contributed by atoms with E-state index < -0.39 is 0 Å². The second-order valence-electron chi connectivity index (χ2n) is 0.584. The maximum atomic E-state index is 4.29. The Hall–Kier alpha value is 0.0500. The maximum absolute atomic E-state index is 4.29. The highest BCUT2D eigenvalue weighted by molar-refractivity contribution is 5.85. The van der Waals surface area contributed by atoms with Crippen LogP contribution in [-0.2, 0) is 4.84 Å². The van der Waals surface area contributed by atoms with E-state index in [-0.39, 0.29) is 24.8 Å². The molecular formula is C2H5Cl2NO. The molecule has 0 unspecified atom stereocenters. The Bertz CT molecular complexity index is 40.8. The van der Waals surface area contributed by atoms with Gasteiger partial charge in [-0.15, -0.1) is 24.8 Å². The molecule has 1 aliphatic rings. The van der Waals surface area contributed by atoms with Crippen LogP contribution in [0.1, 0.15) is 0 Å². The van der Waals surface area contributed by atoms with Crippen LogP contribution in [0.3, 0.4) is 0 Å². The van der Waals surface area contributed by atoms with Gasteiger partial charge in [0.1, 0.15) is 0 Å². The van der Waals surface area contributed by atoms with Crippen molar-refractivity contribution in [1.82, 2.24) is 0 Å². The summed E-state index contributed by atoms with van der Waals surface area (Å²) in [5.41, 5.74) is 0. The fourth-order valence-electron chi connectivity index (χ4n) is 0.0745. The van der Waals surface area contributed by atoms with Crippen molar-refractivity contribution in [3.8, 4) is 0 Å². The predicted octanol–water partition coefficient (Wildman–Crippen LogP) is 0.846. The van der Waals surface area contributed by atoms with Crippen molar-refractivity contribution in [2.24, 2.45) is 5.16 Å². The molecule has 0 bridgehead atoms. The van der Waals surface area contributed by atoms with E-state index in [1.165, 1.54) is 0 Å². The third-order valence-corrected chi connectivity index (χ3v) is 0.298. The number of oxime groups is 1. The first kappa shape index (κ1) is 9.41. The molecule has 0 saturated heterocycles. The minimum Gasteiger partial charge on any atom is -0.390 e. The highest BCUT2D eigenvalue weighted by Crippen LogP contribution is 1.78. The minimum absolute atomic E-state index is 0. The van der Waals surface area contributed by atoms with E-state index >= 15 is 0 Å². The molecule has 0 radical (unpaired) electrons. The van der Waals surface area contributed by atoms with E-state index in [9.17, 15) is 0 Å². The summed E-state index contributed by atoms with van der Waals surface area (Å²) in [7, 11) is 0. The van der Waals surface area contributed by atoms with Crippen LogP contribution >= 0.6 is 24.8 Å². The second kappa shape index (κ2) is 5.05. The molecule has 38 valence electrons. The molecule has 1 heterocycles. The van der Waals surface area contributed by atoms with E-state index in [4.69, 9.17) is 0 Å². The van der Waals surface area contributed by atoms with Gasteiger partial charge in [0.05, 0.1) is 6.21 Å². The van der Waals surface area contributed by atoms with Crippen LogP contribution in [0.2, 0.25) is 0 Å². The van der Waals surface area contributed by atoms with Crippen LogP contribution in [0, 0.1) is 0 Å². The van der Waals surface area contributed by atoms with Crippen molar-refractivity contribution in [3.05, 3.63) is 0 Å². The van der Waals surface area contributed by atoms with Gasteiger partial charge >= 0.3 is 0 Å². The summed E-state index contributed by atoms with van der Waals surface area (Å²) >= 11 is 0. The van der Waals surface area contributed by atoms with Crippen LogP contribution in [0.5, 0.6) is 0 Å². The molecule has 0 aromatic heterocycles. The first-order chi connectivity index (χ1) is 2.00. The SMILES string of the molecule is C1=NOC1.Cl.Cl. The van der Waals surface area contributed by atoms with Gasteiger partial charge in [-0.05, 0) is 0 Å². The first-order valence-corrected chi connectivity index (χ1v) is 1.14. The van der Waals surface area contributed by atoms with Gasteiger partial charge in [0, 0.05) is 0 Å². The van der Waals surface area contributed by atoms with Crippen LogP contribution in [0.4, 0.5) is 0 Å². The Morgan fingerprint density at radius 2 is 1.67 bits per heavy atom. The molecule has 2 nitrogen and oxygen atoms in total. The van der Waals surface area contributed by atoms with Gasteiger partial charge in [0.25, 0.3) is 0 Å². The molecule has 0 fully saturated rings. The maximum Gasteiger partial charge on any atom is 0.155 e. The van der Waals surface area contributed by atoms with E-state index in [0.717, 1.165) is 0 Å². The standard InChI is InChI=1S/C2H3NO.2ClH/c1-2-4-3-1;;/h1H,2H2;2*1H. The number of halogens is 2. The molecule has 0 aromatic carbocycles. The quantitative estimate of drug-likeness (QED) is 0.476. The zero-order valence-electron chi connectivity index (χ0n) is 2.96. The van der Waals surface area contributed by atoms with Gasteiger partial charge in [-0.2, -0.15) is 0 Å². The third-order valence-electron chi connectivity index (χ3n) is 0.298. The highest BCUT2D eigenvalue weighted by atomic mass is 35.5. The molecule has 1 rings (SSSR count). The fraction of sp³-hybridized carbons (Fsp3) is 0.500. The lowest BCUT2D eigenvalue weighted by atomic mass is 10.8. The smallest absolute Gasteiger partial charge is 0.155 e. The average molecular weight is 130 g/mol. The minimum atomic E-state index is 0. The molecule has 0 aliphatic carbocycles. The second-order valence-corrected chi connectivity index (χ2v) is 0.584. The molecule has 0 atom stereocenters. The van der Waals surface area contributed by atoms with Crippen molar-refractivity contribution < 1.29 is 4.84 Å². The van der Waals surface area contributed by atoms with Gasteiger partial charge < -0.3 is 4.84 Å². The molecule has 0 spiro atoms. The molecule has 4 heteroatoms. The molecule has 0 amide bonds. The van der Waals surface area contributed by atoms with Crippen LogP contribution in [0.15, 0.2) is 5.16 Å². The zero-order valence-corrected chi connectivity index (χ0v) is 4.59. The molecule has 0 N–H and O–H groups in total. The topological polar surface area (TPSA) is 21.6 Å². The lowest BCUT2D eigenvalue weighted by Gasteiger charge is -1.96. The lowest BCUT2D eigenvalue weighted by Crippen LogP contribution is -1.98. The number of hydrogen-bond acceptors (Lipinski definition) is 2. The van der Waals surface area contributed by atoms with Crippen LogP contribution in [-0.4, -0.2) is 12.8 Å². The summed E-state index contributed by atoms with van der Waals surface area (Å²) in [6.07, 6.45) is 1.71. The molecule has 6 heavy (non-hydrogen) atoms. The van der Waals surface area contributed by atoms with Gasteiger partial charge in [-0.25, -0.2) is 0 Å². The summed E-state index contributed by atoms with van der Waals surface area (Å²) in [6, 6.07) is 0. The van der Waals surface area contributed by atoms with E-state index in [1.807, 2.05) is 0 Å². The largest absolute Gasteiger partial charge is 0.390 e. The van der Waals surface area contributed by atoms with Crippen molar-refractivity contribution in [3.63, 3.8) is 0 Å². The number of nitrogens with zero attached hydrogens (tertiary/aromatic N) is 1. The Balaban J connectivity index is 0. The van der Waals surface area contributed by atoms with Crippen molar-refractivity contribution in [2.75, 3.05) is 6.61 Å². The molecule has 0 aromatic rings. The lowest BCUT2D eigenvalue weighted by molar-refractivity contribution is 0.149. The predicted molar refractivity (Wildman–Crippen MR) is 28.9 cm³/mol. The average Bonchev–Trinajstić information content (AvgIpc) is 0.722. The molecular weight excluding hydrogens is 125 g/mol. The Morgan fingerprint density at radius 1 is 1.50 bits per heavy atom. The van der Waals surface area contributed by atoms with Gasteiger partial charge in [0.15, 0.2) is 6.61 Å². The van der Waals surface area contributed by atoms with Gasteiger partial charge in [-0.3, -0.25) is 0 Å². The van der Waals surface area contributed by atoms with E-state index in [1.54, 1.807) is 6.21 Å². The zero-order chi connectivity index (χ0) is 2.83. The van der Waals surface area contributed by atoms with E-state index in [2.05, 4.69) is 9.99 Å². The molecule has 0 saturated carbocycles. The van der Waals surface area contributed by atoms with Gasteiger partial charge in [0.2, 0.25) is 0 Å². The monoisotopic (exact) mass is 129 g/mol. The third kappa shape index (κ3) is 2.30. The Morgan fingerprint density at radius 3 is 1.67 bits per heavy atom. The van der Waals surface area contributed by atoms with Gasteiger partial charge in [-0.1, -0.05) is 5.16 Å². The van der Waals surface area contributed by atoms with Crippen LogP contribution < -0.4 is 0 Å². The van der Waals surface area contributed by atoms with E-state index in [0.29, 0.717) is 6.61 Å². The Kier molecular flexibility index (Phi) is 7.92. The van der Waals surface area contributed by atoms with Crippen molar-refractivity contribution in [1.29, 1.82) is 0 Å². The highest BCUT2D eigenvalue weighted by Gasteiger charge is 1.82. The molecule has 1 aliphatic heterocycles.